The van der Waals surface area contributed by atoms with Crippen LogP contribution in [0.3, 0.4) is 0 Å². The summed E-state index contributed by atoms with van der Waals surface area (Å²) in [6, 6.07) is 15.6. The fourth-order valence-corrected chi connectivity index (χ4v) is 2.74. The summed E-state index contributed by atoms with van der Waals surface area (Å²) in [6.45, 7) is 0. The average Bonchev–Trinajstić information content (AvgIpc) is 3.30. The van der Waals surface area contributed by atoms with Gasteiger partial charge in [0.1, 0.15) is 5.75 Å². The maximum absolute atomic E-state index is 12.2. The predicted molar refractivity (Wildman–Crippen MR) is 86.6 cm³/mol. The molecule has 1 aliphatic carbocycles. The van der Waals surface area contributed by atoms with Crippen molar-refractivity contribution in [2.75, 3.05) is 12.4 Å². The van der Waals surface area contributed by atoms with E-state index in [1.807, 2.05) is 48.5 Å². The molecule has 1 saturated carbocycles. The Balaban J connectivity index is 1.61. The number of ether oxygens (including phenoxy) is 1. The first-order valence-electron chi connectivity index (χ1n) is 6.88. The number of benzene rings is 2. The summed E-state index contributed by atoms with van der Waals surface area (Å²) in [5.74, 6) is 1.34. The van der Waals surface area contributed by atoms with Gasteiger partial charge in [-0.1, -0.05) is 28.1 Å². The molecule has 21 heavy (non-hydrogen) atoms. The zero-order chi connectivity index (χ0) is 14.8. The quantitative estimate of drug-likeness (QED) is 0.901. The fraction of sp³-hybridized carbons (Fsp3) is 0.235. The number of hydrogen-bond donors (Lipinski definition) is 1. The van der Waals surface area contributed by atoms with Gasteiger partial charge in [-0.2, -0.15) is 0 Å². The van der Waals surface area contributed by atoms with Crippen molar-refractivity contribution in [1.29, 1.82) is 0 Å². The van der Waals surface area contributed by atoms with Crippen LogP contribution >= 0.6 is 15.9 Å². The van der Waals surface area contributed by atoms with E-state index in [1.54, 1.807) is 7.11 Å². The topological polar surface area (TPSA) is 38.3 Å². The van der Waals surface area contributed by atoms with Gasteiger partial charge in [0.05, 0.1) is 7.11 Å². The first kappa shape index (κ1) is 14.1. The number of nitrogens with one attached hydrogen (secondary N) is 1. The van der Waals surface area contributed by atoms with Gasteiger partial charge < -0.3 is 10.1 Å². The van der Waals surface area contributed by atoms with E-state index >= 15 is 0 Å². The number of carbonyl (C=O) groups excluding carboxylic acids is 1. The van der Waals surface area contributed by atoms with Crippen molar-refractivity contribution in [3.05, 3.63) is 58.6 Å². The molecule has 2 atom stereocenters. The molecule has 0 aliphatic heterocycles. The molecular formula is C17H16BrNO2. The number of carbonyl (C=O) groups is 1. The van der Waals surface area contributed by atoms with Crippen LogP contribution in [0.5, 0.6) is 5.75 Å². The van der Waals surface area contributed by atoms with E-state index in [2.05, 4.69) is 21.2 Å². The summed E-state index contributed by atoms with van der Waals surface area (Å²) in [5.41, 5.74) is 2.04. The zero-order valence-corrected chi connectivity index (χ0v) is 13.3. The van der Waals surface area contributed by atoms with Crippen LogP contribution in [-0.4, -0.2) is 13.0 Å². The lowest BCUT2D eigenvalue weighted by molar-refractivity contribution is -0.117. The Bertz CT molecular complexity index is 637. The highest BCUT2D eigenvalue weighted by Gasteiger charge is 2.43. The molecule has 3 nitrogen and oxygen atoms in total. The second-order valence-corrected chi connectivity index (χ2v) is 6.13. The summed E-state index contributed by atoms with van der Waals surface area (Å²) in [6.07, 6.45) is 0.911. The third-order valence-electron chi connectivity index (χ3n) is 3.78. The molecule has 4 heteroatoms. The molecule has 2 unspecified atom stereocenters. The smallest absolute Gasteiger partial charge is 0.228 e. The highest BCUT2D eigenvalue weighted by atomic mass is 79.9. The number of methoxy groups -OCH3 is 1. The normalized spacial score (nSPS) is 19.9. The molecule has 1 N–H and O–H groups in total. The molecule has 108 valence electrons. The first-order chi connectivity index (χ1) is 10.2. The van der Waals surface area contributed by atoms with Crippen LogP contribution in [0, 0.1) is 5.92 Å². The molecule has 0 heterocycles. The van der Waals surface area contributed by atoms with E-state index in [4.69, 9.17) is 4.74 Å². The fourth-order valence-electron chi connectivity index (χ4n) is 2.47. The molecule has 0 aromatic heterocycles. The Morgan fingerprint density at radius 1 is 1.14 bits per heavy atom. The summed E-state index contributed by atoms with van der Waals surface area (Å²) >= 11 is 3.38. The van der Waals surface area contributed by atoms with Crippen LogP contribution in [0.2, 0.25) is 0 Å². The Morgan fingerprint density at radius 3 is 2.43 bits per heavy atom. The van der Waals surface area contributed by atoms with E-state index < -0.39 is 0 Å². The second-order valence-electron chi connectivity index (χ2n) is 5.22. The van der Waals surface area contributed by atoms with Crippen molar-refractivity contribution in [2.45, 2.75) is 12.3 Å². The van der Waals surface area contributed by atoms with Crippen LogP contribution in [0.15, 0.2) is 53.0 Å². The van der Waals surface area contributed by atoms with Crippen LogP contribution in [-0.2, 0) is 4.79 Å². The van der Waals surface area contributed by atoms with Crippen molar-refractivity contribution in [3.8, 4) is 5.75 Å². The van der Waals surface area contributed by atoms with Crippen LogP contribution < -0.4 is 10.1 Å². The minimum absolute atomic E-state index is 0.0713. The van der Waals surface area contributed by atoms with E-state index in [9.17, 15) is 4.79 Å². The maximum Gasteiger partial charge on any atom is 0.228 e. The zero-order valence-electron chi connectivity index (χ0n) is 11.7. The molecule has 1 fully saturated rings. The first-order valence-corrected chi connectivity index (χ1v) is 7.67. The van der Waals surface area contributed by atoms with Crippen molar-refractivity contribution in [3.63, 3.8) is 0 Å². The summed E-state index contributed by atoms with van der Waals surface area (Å²) < 4.78 is 6.15. The number of halogens is 1. The van der Waals surface area contributed by atoms with Crippen molar-refractivity contribution in [1.82, 2.24) is 0 Å². The van der Waals surface area contributed by atoms with Gasteiger partial charge >= 0.3 is 0 Å². The third kappa shape index (κ3) is 3.27. The van der Waals surface area contributed by atoms with Gasteiger partial charge in [-0.3, -0.25) is 4.79 Å². The molecule has 1 amide bonds. The molecule has 0 bridgehead atoms. The number of anilines is 1. The van der Waals surface area contributed by atoms with E-state index in [0.29, 0.717) is 5.92 Å². The molecule has 1 aliphatic rings. The maximum atomic E-state index is 12.2. The second kappa shape index (κ2) is 5.90. The SMILES string of the molecule is COc1ccc(C2CC2C(=O)Nc2ccc(Br)cc2)cc1. The van der Waals surface area contributed by atoms with Crippen LogP contribution in [0.4, 0.5) is 5.69 Å². The highest BCUT2D eigenvalue weighted by molar-refractivity contribution is 9.10. The van der Waals surface area contributed by atoms with Gasteiger partial charge in [0.2, 0.25) is 5.91 Å². The molecule has 0 spiro atoms. The molecule has 0 radical (unpaired) electrons. The number of amides is 1. The summed E-state index contributed by atoms with van der Waals surface area (Å²) in [4.78, 5) is 12.2. The van der Waals surface area contributed by atoms with Gasteiger partial charge in [-0.25, -0.2) is 0 Å². The largest absolute Gasteiger partial charge is 0.497 e. The molecule has 3 rings (SSSR count). The molecular weight excluding hydrogens is 330 g/mol. The number of hydrogen-bond acceptors (Lipinski definition) is 2. The third-order valence-corrected chi connectivity index (χ3v) is 4.31. The Morgan fingerprint density at radius 2 is 1.81 bits per heavy atom. The van der Waals surface area contributed by atoms with E-state index in [1.165, 1.54) is 5.56 Å². The lowest BCUT2D eigenvalue weighted by atomic mass is 10.1. The number of rotatable bonds is 4. The Kier molecular flexibility index (Phi) is 3.97. The van der Waals surface area contributed by atoms with Gasteiger partial charge in [0.25, 0.3) is 0 Å². The average molecular weight is 346 g/mol. The van der Waals surface area contributed by atoms with E-state index in [0.717, 1.165) is 22.3 Å². The van der Waals surface area contributed by atoms with Gasteiger partial charge in [0, 0.05) is 16.1 Å². The van der Waals surface area contributed by atoms with Crippen molar-refractivity contribution >= 4 is 27.5 Å². The monoisotopic (exact) mass is 345 g/mol. The predicted octanol–water partition coefficient (Wildman–Crippen LogP) is 4.20. The lowest BCUT2D eigenvalue weighted by Gasteiger charge is -2.06. The van der Waals surface area contributed by atoms with Gasteiger partial charge in [0.15, 0.2) is 0 Å². The van der Waals surface area contributed by atoms with Crippen LogP contribution in [0.1, 0.15) is 17.9 Å². The molecule has 2 aromatic rings. The van der Waals surface area contributed by atoms with Crippen LogP contribution in [0.25, 0.3) is 0 Å². The van der Waals surface area contributed by atoms with Gasteiger partial charge in [-0.15, -0.1) is 0 Å². The van der Waals surface area contributed by atoms with E-state index in [-0.39, 0.29) is 11.8 Å². The molecule has 2 aromatic carbocycles. The molecule has 0 saturated heterocycles. The lowest BCUT2D eigenvalue weighted by Crippen LogP contribution is -2.14. The Labute approximate surface area is 132 Å². The minimum Gasteiger partial charge on any atom is -0.497 e. The highest BCUT2D eigenvalue weighted by Crippen LogP contribution is 2.48. The van der Waals surface area contributed by atoms with Crippen molar-refractivity contribution in [2.24, 2.45) is 5.92 Å². The minimum atomic E-state index is 0.0713. The van der Waals surface area contributed by atoms with Gasteiger partial charge in [-0.05, 0) is 54.3 Å². The Hall–Kier alpha value is -1.81. The standard InChI is InChI=1S/C17H16BrNO2/c1-21-14-8-2-11(3-9-14)15-10-16(15)17(20)19-13-6-4-12(18)5-7-13/h2-9,15-16H,10H2,1H3,(H,19,20). The van der Waals surface area contributed by atoms with Crippen molar-refractivity contribution < 1.29 is 9.53 Å². The summed E-state index contributed by atoms with van der Waals surface area (Å²) in [5, 5.41) is 2.97. The summed E-state index contributed by atoms with van der Waals surface area (Å²) in [7, 11) is 1.65.